The first-order valence-electron chi connectivity index (χ1n) is 10.2. The Morgan fingerprint density at radius 3 is 2.83 bits per heavy atom. The van der Waals surface area contributed by atoms with E-state index in [2.05, 4.69) is 48.3 Å². The predicted molar refractivity (Wildman–Crippen MR) is 114 cm³/mol. The van der Waals surface area contributed by atoms with E-state index in [4.69, 9.17) is 0 Å². The number of likely N-dealkylation sites (tertiary alicyclic amines) is 1. The maximum Gasteiger partial charge on any atom is 0.254 e. The van der Waals surface area contributed by atoms with Crippen molar-refractivity contribution in [3.05, 3.63) is 77.2 Å². The van der Waals surface area contributed by atoms with E-state index in [1.807, 2.05) is 39.8 Å². The van der Waals surface area contributed by atoms with Crippen molar-refractivity contribution in [2.45, 2.75) is 32.6 Å². The third-order valence-electron chi connectivity index (χ3n) is 5.90. The number of benzene rings is 2. The molecule has 2 aromatic heterocycles. The lowest BCUT2D eigenvalue weighted by molar-refractivity contribution is 0.0706. The lowest BCUT2D eigenvalue weighted by atomic mass is 9.94. The van der Waals surface area contributed by atoms with Gasteiger partial charge in [-0.2, -0.15) is 0 Å². The third-order valence-corrected chi connectivity index (χ3v) is 5.90. The van der Waals surface area contributed by atoms with Crippen LogP contribution in [0.1, 0.15) is 46.1 Å². The van der Waals surface area contributed by atoms with Crippen LogP contribution in [0.3, 0.4) is 0 Å². The average Bonchev–Trinajstić information content (AvgIpc) is 3.17. The second-order valence-electron chi connectivity index (χ2n) is 8.11. The number of fused-ring (bicyclic) bond motifs is 2. The number of carbonyl (C=O) groups excluding carboxylic acids is 1. The highest BCUT2D eigenvalue weighted by Gasteiger charge is 2.29. The average molecular weight is 384 g/mol. The van der Waals surface area contributed by atoms with Gasteiger partial charge in [-0.05, 0) is 61.2 Å². The lowest BCUT2D eigenvalue weighted by Gasteiger charge is -2.32. The molecule has 1 fully saturated rings. The molecule has 1 amide bonds. The minimum absolute atomic E-state index is 0.114. The van der Waals surface area contributed by atoms with Crippen LogP contribution in [-0.4, -0.2) is 38.5 Å². The van der Waals surface area contributed by atoms with E-state index in [0.29, 0.717) is 6.54 Å². The van der Waals surface area contributed by atoms with Crippen molar-refractivity contribution in [2.75, 3.05) is 13.1 Å². The van der Waals surface area contributed by atoms with Crippen LogP contribution in [0.25, 0.3) is 16.4 Å². The first-order chi connectivity index (χ1) is 14.1. The highest BCUT2D eigenvalue weighted by molar-refractivity contribution is 6.07. The summed E-state index contributed by atoms with van der Waals surface area (Å²) in [6.07, 6.45) is 4.00. The molecule has 5 heteroatoms. The van der Waals surface area contributed by atoms with Crippen LogP contribution in [0.4, 0.5) is 0 Å². The van der Waals surface area contributed by atoms with Gasteiger partial charge in [-0.3, -0.25) is 9.20 Å². The number of carbonyl (C=O) groups is 1. The van der Waals surface area contributed by atoms with Crippen molar-refractivity contribution in [1.29, 1.82) is 0 Å². The number of amides is 1. The minimum Gasteiger partial charge on any atom is -0.338 e. The van der Waals surface area contributed by atoms with Gasteiger partial charge in [-0.25, -0.2) is 0 Å². The van der Waals surface area contributed by atoms with Crippen LogP contribution >= 0.6 is 0 Å². The van der Waals surface area contributed by atoms with Gasteiger partial charge in [0.25, 0.3) is 5.91 Å². The standard InChI is InChI=1S/C24H24N4O/c1-16-8-9-18-12-17(2)14-21(20(18)13-16)24(29)27-10-5-6-19(15-27)23-26-25-22-7-3-4-11-28(22)23/h3-4,7-9,11-14,19H,5-6,10,15H2,1-2H3/t19-/m0/s1. The molecule has 0 bridgehead atoms. The zero-order valence-electron chi connectivity index (χ0n) is 16.8. The number of aryl methyl sites for hydroxylation is 2. The Kier molecular flexibility index (Phi) is 4.31. The topological polar surface area (TPSA) is 50.5 Å². The Bertz CT molecular complexity index is 1230. The molecule has 3 heterocycles. The number of piperidine rings is 1. The Morgan fingerprint density at radius 2 is 1.93 bits per heavy atom. The summed E-state index contributed by atoms with van der Waals surface area (Å²) < 4.78 is 2.05. The van der Waals surface area contributed by atoms with Gasteiger partial charge in [0, 0.05) is 30.8 Å². The van der Waals surface area contributed by atoms with Crippen molar-refractivity contribution in [2.24, 2.45) is 0 Å². The summed E-state index contributed by atoms with van der Waals surface area (Å²) in [5, 5.41) is 10.9. The smallest absolute Gasteiger partial charge is 0.254 e. The largest absolute Gasteiger partial charge is 0.338 e. The molecule has 1 aliphatic heterocycles. The summed E-state index contributed by atoms with van der Waals surface area (Å²) >= 11 is 0. The fourth-order valence-corrected chi connectivity index (χ4v) is 4.48. The van der Waals surface area contributed by atoms with Crippen LogP contribution in [0.5, 0.6) is 0 Å². The van der Waals surface area contributed by atoms with E-state index in [0.717, 1.165) is 52.8 Å². The second kappa shape index (κ2) is 6.99. The summed E-state index contributed by atoms with van der Waals surface area (Å²) in [6, 6.07) is 16.4. The van der Waals surface area contributed by atoms with Crippen LogP contribution in [0, 0.1) is 13.8 Å². The normalized spacial score (nSPS) is 17.2. The maximum absolute atomic E-state index is 13.5. The molecule has 0 spiro atoms. The fraction of sp³-hybridized carbons (Fsp3) is 0.292. The summed E-state index contributed by atoms with van der Waals surface area (Å²) in [5.41, 5.74) is 3.94. The van der Waals surface area contributed by atoms with Gasteiger partial charge in [0.2, 0.25) is 0 Å². The van der Waals surface area contributed by atoms with E-state index in [9.17, 15) is 4.79 Å². The van der Waals surface area contributed by atoms with Gasteiger partial charge in [-0.15, -0.1) is 10.2 Å². The summed E-state index contributed by atoms with van der Waals surface area (Å²) in [4.78, 5) is 15.5. The van der Waals surface area contributed by atoms with Crippen molar-refractivity contribution in [1.82, 2.24) is 19.5 Å². The molecule has 0 saturated carbocycles. The lowest BCUT2D eigenvalue weighted by Crippen LogP contribution is -2.39. The molecule has 5 nitrogen and oxygen atoms in total. The Morgan fingerprint density at radius 1 is 1.03 bits per heavy atom. The molecule has 4 aromatic rings. The molecule has 146 valence electrons. The van der Waals surface area contributed by atoms with Gasteiger partial charge in [0.15, 0.2) is 5.65 Å². The number of pyridine rings is 1. The first-order valence-corrected chi connectivity index (χ1v) is 10.2. The van der Waals surface area contributed by atoms with E-state index < -0.39 is 0 Å². The second-order valence-corrected chi connectivity index (χ2v) is 8.11. The zero-order valence-corrected chi connectivity index (χ0v) is 16.8. The van der Waals surface area contributed by atoms with Crippen molar-refractivity contribution < 1.29 is 4.79 Å². The molecule has 0 aliphatic carbocycles. The van der Waals surface area contributed by atoms with E-state index >= 15 is 0 Å². The van der Waals surface area contributed by atoms with Crippen LogP contribution in [-0.2, 0) is 0 Å². The molecule has 29 heavy (non-hydrogen) atoms. The number of aromatic nitrogens is 3. The molecule has 0 unspecified atom stereocenters. The van der Waals surface area contributed by atoms with Gasteiger partial charge in [-0.1, -0.05) is 35.9 Å². The number of hydrogen-bond donors (Lipinski definition) is 0. The monoisotopic (exact) mass is 384 g/mol. The summed E-state index contributed by atoms with van der Waals surface area (Å²) in [7, 11) is 0. The van der Waals surface area contributed by atoms with Gasteiger partial charge < -0.3 is 4.90 Å². The summed E-state index contributed by atoms with van der Waals surface area (Å²) in [6.45, 7) is 5.58. The Labute approximate surface area is 170 Å². The molecule has 1 aliphatic rings. The molecule has 5 rings (SSSR count). The molecule has 0 N–H and O–H groups in total. The number of hydrogen-bond acceptors (Lipinski definition) is 3. The van der Waals surface area contributed by atoms with Crippen molar-refractivity contribution >= 4 is 22.3 Å². The minimum atomic E-state index is 0.114. The van der Waals surface area contributed by atoms with E-state index in [1.165, 1.54) is 5.56 Å². The summed E-state index contributed by atoms with van der Waals surface area (Å²) in [5.74, 6) is 1.26. The SMILES string of the molecule is Cc1cc(C(=O)N2CCC[C@H](c3nnc4ccccn34)C2)c2cc(C)ccc2c1. The van der Waals surface area contributed by atoms with Gasteiger partial charge in [0.1, 0.15) is 5.82 Å². The molecular weight excluding hydrogens is 360 g/mol. The van der Waals surface area contributed by atoms with Crippen molar-refractivity contribution in [3.8, 4) is 0 Å². The molecule has 1 saturated heterocycles. The van der Waals surface area contributed by atoms with Gasteiger partial charge >= 0.3 is 0 Å². The van der Waals surface area contributed by atoms with Crippen LogP contribution < -0.4 is 0 Å². The maximum atomic E-state index is 13.5. The van der Waals surface area contributed by atoms with E-state index in [1.54, 1.807) is 0 Å². The molecule has 0 radical (unpaired) electrons. The number of nitrogens with zero attached hydrogens (tertiary/aromatic N) is 4. The molecule has 1 atom stereocenters. The van der Waals surface area contributed by atoms with Crippen molar-refractivity contribution in [3.63, 3.8) is 0 Å². The quantitative estimate of drug-likeness (QED) is 0.511. The highest BCUT2D eigenvalue weighted by Crippen LogP contribution is 2.29. The van der Waals surface area contributed by atoms with E-state index in [-0.39, 0.29) is 11.8 Å². The fourth-order valence-electron chi connectivity index (χ4n) is 4.48. The molecular formula is C24H24N4O. The van der Waals surface area contributed by atoms with Crippen LogP contribution in [0.15, 0.2) is 54.7 Å². The van der Waals surface area contributed by atoms with Gasteiger partial charge in [0.05, 0.1) is 0 Å². The Balaban J connectivity index is 1.49. The highest BCUT2D eigenvalue weighted by atomic mass is 16.2. The zero-order chi connectivity index (χ0) is 20.0. The third kappa shape index (κ3) is 3.16. The Hall–Kier alpha value is -3.21. The van der Waals surface area contributed by atoms with Crippen LogP contribution in [0.2, 0.25) is 0 Å². The molecule has 2 aromatic carbocycles. The predicted octanol–water partition coefficient (Wildman–Crippen LogP) is 4.52. The number of rotatable bonds is 2. The first kappa shape index (κ1) is 17.9.